The summed E-state index contributed by atoms with van der Waals surface area (Å²) in [5, 5.41) is 9.52. The van der Waals surface area contributed by atoms with Crippen molar-refractivity contribution < 1.29 is 13.5 Å². The average molecular weight is 298 g/mol. The van der Waals surface area contributed by atoms with Gasteiger partial charge in [-0.05, 0) is 43.5 Å². The zero-order chi connectivity index (χ0) is 14.8. The molecule has 0 saturated heterocycles. The number of nitrogen functional groups attached to an aromatic ring is 1. The lowest BCUT2D eigenvalue weighted by Crippen LogP contribution is -2.38. The SMILES string of the molecule is Cc1cc(N)cc(S(=O)(=O)NCC2(CO)CCCC2)c1. The fourth-order valence-electron chi connectivity index (χ4n) is 2.78. The maximum absolute atomic E-state index is 12.3. The van der Waals surface area contributed by atoms with Gasteiger partial charge in [0.25, 0.3) is 0 Å². The Kier molecular flexibility index (Phi) is 4.36. The van der Waals surface area contributed by atoms with Crippen molar-refractivity contribution in [1.29, 1.82) is 0 Å². The summed E-state index contributed by atoms with van der Waals surface area (Å²) in [6.45, 7) is 2.10. The van der Waals surface area contributed by atoms with Crippen molar-refractivity contribution in [1.82, 2.24) is 4.72 Å². The van der Waals surface area contributed by atoms with Crippen molar-refractivity contribution >= 4 is 15.7 Å². The second kappa shape index (κ2) is 5.71. The molecule has 0 radical (unpaired) electrons. The molecular weight excluding hydrogens is 276 g/mol. The van der Waals surface area contributed by atoms with Crippen LogP contribution in [0.4, 0.5) is 5.69 Å². The Balaban J connectivity index is 2.15. The lowest BCUT2D eigenvalue weighted by atomic mass is 9.88. The van der Waals surface area contributed by atoms with Crippen LogP contribution in [0, 0.1) is 12.3 Å². The minimum absolute atomic E-state index is 0.0193. The zero-order valence-corrected chi connectivity index (χ0v) is 12.5. The number of hydrogen-bond donors (Lipinski definition) is 3. The third-order valence-corrected chi connectivity index (χ3v) is 5.40. The maximum atomic E-state index is 12.3. The van der Waals surface area contributed by atoms with Crippen molar-refractivity contribution in [3.05, 3.63) is 23.8 Å². The molecule has 1 aliphatic carbocycles. The highest BCUT2D eigenvalue weighted by Crippen LogP contribution is 2.37. The minimum atomic E-state index is -3.58. The van der Waals surface area contributed by atoms with Crippen LogP contribution in [0.15, 0.2) is 23.1 Å². The smallest absolute Gasteiger partial charge is 0.240 e. The maximum Gasteiger partial charge on any atom is 0.240 e. The molecule has 0 aromatic heterocycles. The molecule has 1 saturated carbocycles. The monoisotopic (exact) mass is 298 g/mol. The van der Waals surface area contributed by atoms with Crippen LogP contribution in [0.25, 0.3) is 0 Å². The number of aliphatic hydroxyl groups excluding tert-OH is 1. The first kappa shape index (κ1) is 15.3. The topological polar surface area (TPSA) is 92.4 Å². The Morgan fingerprint density at radius 2 is 1.95 bits per heavy atom. The Morgan fingerprint density at radius 3 is 2.50 bits per heavy atom. The van der Waals surface area contributed by atoms with E-state index in [1.54, 1.807) is 12.1 Å². The molecule has 0 spiro atoms. The fourth-order valence-corrected chi connectivity index (χ4v) is 4.07. The van der Waals surface area contributed by atoms with E-state index in [4.69, 9.17) is 5.73 Å². The van der Waals surface area contributed by atoms with E-state index < -0.39 is 10.0 Å². The van der Waals surface area contributed by atoms with Crippen molar-refractivity contribution in [3.8, 4) is 0 Å². The number of nitrogens with two attached hydrogens (primary N) is 1. The number of aliphatic hydroxyl groups is 1. The summed E-state index contributed by atoms with van der Waals surface area (Å²) in [7, 11) is -3.58. The molecule has 0 amide bonds. The second-order valence-electron chi connectivity index (χ2n) is 5.77. The van der Waals surface area contributed by atoms with Crippen LogP contribution < -0.4 is 10.5 Å². The molecular formula is C14H22N2O3S. The number of aryl methyl sites for hydroxylation is 1. The van der Waals surface area contributed by atoms with Crippen LogP contribution in [-0.2, 0) is 10.0 Å². The molecule has 1 aliphatic rings. The Hall–Kier alpha value is -1.11. The van der Waals surface area contributed by atoms with Crippen LogP contribution in [0.3, 0.4) is 0 Å². The summed E-state index contributed by atoms with van der Waals surface area (Å²) in [5.74, 6) is 0. The van der Waals surface area contributed by atoms with E-state index in [2.05, 4.69) is 4.72 Å². The minimum Gasteiger partial charge on any atom is -0.399 e. The summed E-state index contributed by atoms with van der Waals surface area (Å²) in [4.78, 5) is 0.182. The molecule has 4 N–H and O–H groups in total. The molecule has 1 fully saturated rings. The third kappa shape index (κ3) is 3.31. The summed E-state index contributed by atoms with van der Waals surface area (Å²) < 4.78 is 27.2. The van der Waals surface area contributed by atoms with Gasteiger partial charge < -0.3 is 10.8 Å². The summed E-state index contributed by atoms with van der Waals surface area (Å²) in [6.07, 6.45) is 3.81. The van der Waals surface area contributed by atoms with Crippen molar-refractivity contribution in [2.45, 2.75) is 37.5 Å². The van der Waals surface area contributed by atoms with Gasteiger partial charge in [0.15, 0.2) is 0 Å². The first-order chi connectivity index (χ1) is 9.37. The molecule has 1 aromatic rings. The normalized spacial score (nSPS) is 18.3. The van der Waals surface area contributed by atoms with Crippen molar-refractivity contribution in [3.63, 3.8) is 0 Å². The van der Waals surface area contributed by atoms with Crippen molar-refractivity contribution in [2.75, 3.05) is 18.9 Å². The van der Waals surface area contributed by atoms with Gasteiger partial charge in [-0.25, -0.2) is 13.1 Å². The lowest BCUT2D eigenvalue weighted by molar-refractivity contribution is 0.134. The van der Waals surface area contributed by atoms with Crippen LogP contribution in [0.1, 0.15) is 31.2 Å². The van der Waals surface area contributed by atoms with Crippen molar-refractivity contribution in [2.24, 2.45) is 5.41 Å². The molecule has 6 heteroatoms. The van der Waals surface area contributed by atoms with E-state index in [-0.39, 0.29) is 23.5 Å². The number of hydrogen-bond acceptors (Lipinski definition) is 4. The second-order valence-corrected chi connectivity index (χ2v) is 7.54. The Morgan fingerprint density at radius 1 is 1.30 bits per heavy atom. The van der Waals surface area contributed by atoms with Gasteiger partial charge in [-0.1, -0.05) is 12.8 Å². The van der Waals surface area contributed by atoms with Crippen LogP contribution in [-0.4, -0.2) is 26.7 Å². The van der Waals surface area contributed by atoms with Gasteiger partial charge in [-0.15, -0.1) is 0 Å². The van der Waals surface area contributed by atoms with E-state index in [0.29, 0.717) is 5.69 Å². The molecule has 1 aromatic carbocycles. The van der Waals surface area contributed by atoms with E-state index in [1.165, 1.54) is 6.07 Å². The van der Waals surface area contributed by atoms with E-state index in [9.17, 15) is 13.5 Å². The Bertz CT molecular complexity index is 558. The molecule has 0 atom stereocenters. The summed E-state index contributed by atoms with van der Waals surface area (Å²) in [5.41, 5.74) is 6.63. The highest BCUT2D eigenvalue weighted by Gasteiger charge is 2.34. The zero-order valence-electron chi connectivity index (χ0n) is 11.7. The van der Waals surface area contributed by atoms with Gasteiger partial charge in [-0.3, -0.25) is 0 Å². The average Bonchev–Trinajstić information content (AvgIpc) is 2.85. The highest BCUT2D eigenvalue weighted by molar-refractivity contribution is 7.89. The van der Waals surface area contributed by atoms with Gasteiger partial charge in [0.05, 0.1) is 4.90 Å². The summed E-state index contributed by atoms with van der Waals surface area (Å²) >= 11 is 0. The van der Waals surface area contributed by atoms with Crippen LogP contribution in [0.5, 0.6) is 0 Å². The number of sulfonamides is 1. The quantitative estimate of drug-likeness (QED) is 0.717. The first-order valence-corrected chi connectivity index (χ1v) is 8.33. The molecule has 0 unspecified atom stereocenters. The first-order valence-electron chi connectivity index (χ1n) is 6.85. The van der Waals surface area contributed by atoms with Crippen LogP contribution >= 0.6 is 0 Å². The largest absolute Gasteiger partial charge is 0.399 e. The predicted molar refractivity (Wildman–Crippen MR) is 78.8 cm³/mol. The third-order valence-electron chi connectivity index (χ3n) is 4.02. The number of benzene rings is 1. The van der Waals surface area contributed by atoms with E-state index in [1.807, 2.05) is 6.92 Å². The molecule has 5 nitrogen and oxygen atoms in total. The summed E-state index contributed by atoms with van der Waals surface area (Å²) in [6, 6.07) is 4.78. The van der Waals surface area contributed by atoms with Gasteiger partial charge in [-0.2, -0.15) is 0 Å². The number of nitrogens with one attached hydrogen (secondary N) is 1. The number of rotatable bonds is 5. The van der Waals surface area contributed by atoms with E-state index >= 15 is 0 Å². The van der Waals surface area contributed by atoms with Gasteiger partial charge in [0, 0.05) is 24.3 Å². The molecule has 20 heavy (non-hydrogen) atoms. The van der Waals surface area contributed by atoms with Gasteiger partial charge in [0.2, 0.25) is 10.0 Å². The number of anilines is 1. The molecule has 0 bridgehead atoms. The highest BCUT2D eigenvalue weighted by atomic mass is 32.2. The molecule has 0 heterocycles. The lowest BCUT2D eigenvalue weighted by Gasteiger charge is -2.26. The van der Waals surface area contributed by atoms with Crippen LogP contribution in [0.2, 0.25) is 0 Å². The molecule has 112 valence electrons. The molecule has 0 aliphatic heterocycles. The Labute approximate surface area is 120 Å². The standard InChI is InChI=1S/C14H22N2O3S/c1-11-6-12(15)8-13(7-11)20(18,19)16-9-14(10-17)4-2-3-5-14/h6-8,16-17H,2-5,9-10,15H2,1H3. The van der Waals surface area contributed by atoms with E-state index in [0.717, 1.165) is 31.2 Å². The van der Waals surface area contributed by atoms with Gasteiger partial charge in [0.1, 0.15) is 0 Å². The molecule has 2 rings (SSSR count). The fraction of sp³-hybridized carbons (Fsp3) is 0.571. The predicted octanol–water partition coefficient (Wildman–Crippen LogP) is 1.41. The van der Waals surface area contributed by atoms with Gasteiger partial charge >= 0.3 is 0 Å².